The molecule has 1 aromatic carbocycles. The number of nitrogens with zero attached hydrogens (tertiary/aromatic N) is 2. The first-order valence-corrected chi connectivity index (χ1v) is 21.7. The Labute approximate surface area is 353 Å². The zero-order valence-corrected chi connectivity index (χ0v) is 34.9. The lowest BCUT2D eigenvalue weighted by Gasteiger charge is -2.43. The largest absolute Gasteiger partial charge is 0.478 e. The van der Waals surface area contributed by atoms with Gasteiger partial charge in [-0.3, -0.25) is 29.4 Å². The van der Waals surface area contributed by atoms with Crippen molar-refractivity contribution in [3.63, 3.8) is 0 Å². The number of aryl methyl sites for hydroxylation is 1. The summed E-state index contributed by atoms with van der Waals surface area (Å²) in [4.78, 5) is 49.6. The zero-order valence-electron chi connectivity index (χ0n) is 34.9. The molecule has 2 fully saturated rings. The van der Waals surface area contributed by atoms with E-state index >= 15 is 0 Å². The quantitative estimate of drug-likeness (QED) is 0.0876. The minimum absolute atomic E-state index is 0.0230. The van der Waals surface area contributed by atoms with Crippen LogP contribution in [-0.4, -0.2) is 118 Å². The summed E-state index contributed by atoms with van der Waals surface area (Å²) in [6.45, 7) is 5.08. The molecule has 10 atom stereocenters. The van der Waals surface area contributed by atoms with Crippen LogP contribution in [0.15, 0.2) is 78.4 Å². The maximum absolute atomic E-state index is 13.7. The molecule has 326 valence electrons. The Balaban J connectivity index is 1.05. The molecule has 9 rings (SSSR count). The van der Waals surface area contributed by atoms with Crippen molar-refractivity contribution in [2.24, 2.45) is 21.3 Å². The van der Waals surface area contributed by atoms with Crippen molar-refractivity contribution in [2.75, 3.05) is 32.8 Å². The third-order valence-corrected chi connectivity index (χ3v) is 14.5. The summed E-state index contributed by atoms with van der Waals surface area (Å²) >= 11 is 0. The number of carbonyl (C=O) groups is 1. The molecule has 0 bridgehead atoms. The van der Waals surface area contributed by atoms with Gasteiger partial charge in [0.1, 0.15) is 79.1 Å². The third-order valence-electron chi connectivity index (χ3n) is 14.5. The summed E-state index contributed by atoms with van der Waals surface area (Å²) in [5.74, 6) is 1.22. The number of amides is 1. The number of ether oxygens (including phenoxy) is 1. The van der Waals surface area contributed by atoms with Crippen LogP contribution in [0.2, 0.25) is 0 Å². The molecule has 0 radical (unpaired) electrons. The average molecular weight is 844 g/mol. The van der Waals surface area contributed by atoms with Crippen LogP contribution in [0.25, 0.3) is 11.0 Å². The van der Waals surface area contributed by atoms with Gasteiger partial charge in [-0.25, -0.2) is 9.78 Å². The number of carbonyl (C=O) groups excluding carboxylic acids is 1. The lowest BCUT2D eigenvalue weighted by Crippen LogP contribution is -3.11. The summed E-state index contributed by atoms with van der Waals surface area (Å²) in [6, 6.07) is 3.23. The number of hydrogen-bond donors (Lipinski definition) is 8. The maximum atomic E-state index is 13.7. The molecular formula is C45H57N5O11+2. The lowest BCUT2D eigenvalue weighted by atomic mass is 9.72. The molecular weight excluding hydrogens is 787 g/mol. The highest BCUT2D eigenvalue weighted by molar-refractivity contribution is 5.91. The molecule has 1 aliphatic carbocycles. The molecule has 1 saturated heterocycles. The van der Waals surface area contributed by atoms with E-state index in [1.54, 1.807) is 31.5 Å². The number of nitrogens with one attached hydrogen (secondary N) is 3. The van der Waals surface area contributed by atoms with Gasteiger partial charge in [-0.1, -0.05) is 19.8 Å². The fraction of sp³-hybridized carbons (Fsp3) is 0.556. The van der Waals surface area contributed by atoms with Gasteiger partial charge in [-0.05, 0) is 57.6 Å². The highest BCUT2D eigenvalue weighted by atomic mass is 17.2. The van der Waals surface area contributed by atoms with Crippen LogP contribution in [0.4, 0.5) is 5.69 Å². The molecule has 2 aromatic rings. The Morgan fingerprint density at radius 1 is 1.10 bits per heavy atom. The first-order chi connectivity index (χ1) is 29.3. The zero-order chi connectivity index (χ0) is 42.8. The minimum Gasteiger partial charge on any atom is -0.478 e. The van der Waals surface area contributed by atoms with E-state index < -0.39 is 54.2 Å². The summed E-state index contributed by atoms with van der Waals surface area (Å²) in [5.41, 5.74) is 1.20. The number of hydrogen-bond acceptors (Lipinski definition) is 13. The van der Waals surface area contributed by atoms with Gasteiger partial charge >= 0.3 is 0 Å². The Kier molecular flexibility index (Phi) is 11.1. The molecule has 7 aliphatic rings. The van der Waals surface area contributed by atoms with Crippen molar-refractivity contribution in [3.05, 3.63) is 80.8 Å². The molecule has 16 nitrogen and oxygen atoms in total. The predicted molar refractivity (Wildman–Crippen MR) is 222 cm³/mol. The number of allylic oxidation sites excluding steroid dienone is 2. The van der Waals surface area contributed by atoms with Gasteiger partial charge < -0.3 is 40.0 Å². The van der Waals surface area contributed by atoms with Crippen molar-refractivity contribution < 1.29 is 59.1 Å². The molecule has 1 aromatic heterocycles. The highest BCUT2D eigenvalue weighted by Crippen LogP contribution is 2.51. The minimum atomic E-state index is -2.36. The van der Waals surface area contributed by atoms with Crippen LogP contribution in [0.5, 0.6) is 5.75 Å². The number of rotatable bonds is 15. The van der Waals surface area contributed by atoms with E-state index in [4.69, 9.17) is 18.9 Å². The van der Waals surface area contributed by atoms with Crippen LogP contribution in [0.1, 0.15) is 70.1 Å². The van der Waals surface area contributed by atoms with E-state index in [2.05, 4.69) is 28.4 Å². The molecule has 8 N–H and O–H groups in total. The number of aliphatic hydroxyl groups is 5. The number of aliphatic imine (C=N–C) groups is 2. The highest BCUT2D eigenvalue weighted by Gasteiger charge is 2.55. The third kappa shape index (κ3) is 7.05. The Hall–Kier alpha value is -4.36. The van der Waals surface area contributed by atoms with E-state index in [0.717, 1.165) is 59.7 Å². The topological polar surface area (TPSA) is 222 Å². The van der Waals surface area contributed by atoms with Crippen molar-refractivity contribution in [1.82, 2.24) is 5.32 Å². The Morgan fingerprint density at radius 3 is 2.64 bits per heavy atom. The molecule has 7 heterocycles. The average Bonchev–Trinajstić information content (AvgIpc) is 4.10. The number of benzene rings is 1. The SMILES string of the molecule is CCC1C2=CC=NC2=C[NH+]1c1c2c(cc3c(=O)cc(C)oc13)CC(OOCC(O)C(O)(C[NH+]1CC=C3N=CC=C31)C(O)C(O)CO)C(C)(CCC1CNC(=O)C13CCCC3)O2. The number of aliphatic hydroxyl groups excluding tert-OH is 4. The fourth-order valence-electron chi connectivity index (χ4n) is 11.0. The van der Waals surface area contributed by atoms with E-state index in [0.29, 0.717) is 64.6 Å². The van der Waals surface area contributed by atoms with Crippen LogP contribution in [0.3, 0.4) is 0 Å². The molecule has 1 amide bonds. The van der Waals surface area contributed by atoms with Crippen LogP contribution >= 0.6 is 0 Å². The predicted octanol–water partition coefficient (Wildman–Crippen LogP) is -0.0840. The summed E-state index contributed by atoms with van der Waals surface area (Å²) in [6.07, 6.45) is 10.6. The maximum Gasteiger partial charge on any atom is 0.226 e. The van der Waals surface area contributed by atoms with Crippen LogP contribution in [-0.2, 0) is 21.0 Å². The van der Waals surface area contributed by atoms with E-state index in [-0.39, 0.29) is 36.3 Å². The second-order valence-electron chi connectivity index (χ2n) is 18.1. The second kappa shape index (κ2) is 16.1. The van der Waals surface area contributed by atoms with Gasteiger partial charge in [0, 0.05) is 61.2 Å². The molecule has 1 spiro atoms. The Bertz CT molecular complexity index is 2340. The van der Waals surface area contributed by atoms with E-state index in [9.17, 15) is 35.1 Å². The van der Waals surface area contributed by atoms with Crippen molar-refractivity contribution in [3.8, 4) is 5.75 Å². The standard InChI is InChI=1S/C45H55N5O11/c1-4-32-28-8-14-47-31(28)21-50(32)38-39-26(18-29-34(52)17-25(2)59-40(29)38)19-37(43(3,60-39)13-7-27-20-48-42(56)44(27)11-5-6-12-44)61-58-23-36(54)45(57,41(55)35(53)22-51)24-49-16-10-30-33(49)9-15-46-30/h8-10,14-15,17-18,21,27,32,35-37,41,51,53-55,57H,4-7,11-13,16,19-20,22-24H2,1-3H3,(H,48,56)/p+2. The monoisotopic (exact) mass is 843 g/mol. The molecule has 10 unspecified atom stereocenters. The summed E-state index contributed by atoms with van der Waals surface area (Å²) in [7, 11) is 0. The summed E-state index contributed by atoms with van der Waals surface area (Å²) < 4.78 is 13.6. The van der Waals surface area contributed by atoms with Crippen molar-refractivity contribution >= 4 is 35.0 Å². The van der Waals surface area contributed by atoms with E-state index in [1.807, 2.05) is 19.1 Å². The molecule has 61 heavy (non-hydrogen) atoms. The Morgan fingerprint density at radius 2 is 1.87 bits per heavy atom. The van der Waals surface area contributed by atoms with E-state index in [1.165, 1.54) is 6.07 Å². The first kappa shape index (κ1) is 42.0. The van der Waals surface area contributed by atoms with Crippen LogP contribution < -0.4 is 25.3 Å². The normalized spacial score (nSPS) is 30.6. The van der Waals surface area contributed by atoms with Crippen LogP contribution in [0, 0.1) is 18.3 Å². The van der Waals surface area contributed by atoms with Gasteiger partial charge in [0.05, 0.1) is 17.4 Å². The molecule has 16 heteroatoms. The van der Waals surface area contributed by atoms with Gasteiger partial charge in [-0.15, -0.1) is 0 Å². The number of quaternary nitrogens is 2. The van der Waals surface area contributed by atoms with Gasteiger partial charge in [0.25, 0.3) is 0 Å². The fourth-order valence-corrected chi connectivity index (χ4v) is 11.0. The lowest BCUT2D eigenvalue weighted by molar-refractivity contribution is -0.856. The van der Waals surface area contributed by atoms with Crippen molar-refractivity contribution in [1.29, 1.82) is 0 Å². The van der Waals surface area contributed by atoms with Gasteiger partial charge in [0.2, 0.25) is 17.2 Å². The van der Waals surface area contributed by atoms with Crippen molar-refractivity contribution in [2.45, 2.75) is 114 Å². The summed E-state index contributed by atoms with van der Waals surface area (Å²) in [5, 5.41) is 58.5. The smallest absolute Gasteiger partial charge is 0.226 e. The first-order valence-electron chi connectivity index (χ1n) is 21.7. The van der Waals surface area contributed by atoms with Gasteiger partial charge in [-0.2, -0.15) is 0 Å². The van der Waals surface area contributed by atoms with Gasteiger partial charge in [0.15, 0.2) is 22.5 Å². The number of fused-ring (bicyclic) bond motifs is 4. The second-order valence-corrected chi connectivity index (χ2v) is 18.1. The molecule has 1 saturated carbocycles. The molecule has 6 aliphatic heterocycles.